The fourth-order valence-electron chi connectivity index (χ4n) is 3.62. The molecule has 0 spiro atoms. The zero-order valence-electron chi connectivity index (χ0n) is 12.8. The fraction of sp³-hybridized carbons (Fsp3) is 0.688. The third-order valence-corrected chi connectivity index (χ3v) is 4.73. The van der Waals surface area contributed by atoms with Gasteiger partial charge >= 0.3 is 0 Å². The molecule has 0 aliphatic carbocycles. The van der Waals surface area contributed by atoms with Gasteiger partial charge in [0.1, 0.15) is 0 Å². The first-order valence-electron chi connectivity index (χ1n) is 8.09. The monoisotopic (exact) mass is 290 g/mol. The van der Waals surface area contributed by atoms with Crippen molar-refractivity contribution in [2.45, 2.75) is 44.3 Å². The van der Waals surface area contributed by atoms with E-state index in [1.54, 1.807) is 0 Å². The molecule has 1 aromatic rings. The van der Waals surface area contributed by atoms with E-state index < -0.39 is 0 Å². The Kier molecular flexibility index (Phi) is 4.60. The van der Waals surface area contributed by atoms with Crippen LogP contribution >= 0.6 is 0 Å². The Hall–Kier alpha value is -1.33. The summed E-state index contributed by atoms with van der Waals surface area (Å²) in [7, 11) is 2.00. The van der Waals surface area contributed by atoms with E-state index in [-0.39, 0.29) is 11.9 Å². The second-order valence-corrected chi connectivity index (χ2v) is 6.28. The summed E-state index contributed by atoms with van der Waals surface area (Å²) in [5.41, 5.74) is 1.16. The van der Waals surface area contributed by atoms with Gasteiger partial charge in [-0.25, -0.2) is 0 Å². The summed E-state index contributed by atoms with van der Waals surface area (Å²) in [6, 6.07) is 2.72. The minimum Gasteiger partial charge on any atom is -0.357 e. The van der Waals surface area contributed by atoms with E-state index in [4.69, 9.17) is 0 Å². The number of piperidine rings is 1. The smallest absolute Gasteiger partial charge is 0.237 e. The molecule has 1 unspecified atom stereocenters. The minimum atomic E-state index is 0.0804. The molecule has 1 aromatic heterocycles. The van der Waals surface area contributed by atoms with Crippen LogP contribution in [-0.2, 0) is 18.4 Å². The van der Waals surface area contributed by atoms with Crippen molar-refractivity contribution in [3.8, 4) is 0 Å². The third-order valence-electron chi connectivity index (χ3n) is 4.73. The van der Waals surface area contributed by atoms with Crippen LogP contribution in [-0.4, -0.2) is 47.1 Å². The van der Waals surface area contributed by atoms with Gasteiger partial charge in [-0.1, -0.05) is 0 Å². The molecule has 1 amide bonds. The standard InChI is InChI=1S/C16H26N4O/c1-19-10-6-13(12-19)11-18-16(21)15-3-2-9-20(15)14-4-7-17-8-5-14/h6,10,12,14-15,17H,2-5,7-9,11H2,1H3,(H,18,21). The lowest BCUT2D eigenvalue weighted by atomic mass is 10.0. The highest BCUT2D eigenvalue weighted by atomic mass is 16.2. The maximum atomic E-state index is 12.5. The SMILES string of the molecule is Cn1ccc(CNC(=O)C2CCCN2C2CCNCC2)c1. The molecule has 0 radical (unpaired) electrons. The second kappa shape index (κ2) is 6.62. The van der Waals surface area contributed by atoms with Crippen LogP contribution in [0.1, 0.15) is 31.2 Å². The molecule has 2 saturated heterocycles. The van der Waals surface area contributed by atoms with E-state index in [1.165, 1.54) is 12.8 Å². The number of nitrogens with one attached hydrogen (secondary N) is 2. The number of carbonyl (C=O) groups is 1. The lowest BCUT2D eigenvalue weighted by molar-refractivity contribution is -0.126. The van der Waals surface area contributed by atoms with Crippen LogP contribution in [0.25, 0.3) is 0 Å². The molecular formula is C16H26N4O. The number of likely N-dealkylation sites (tertiary alicyclic amines) is 1. The average molecular weight is 290 g/mol. The van der Waals surface area contributed by atoms with E-state index in [0.717, 1.165) is 38.0 Å². The van der Waals surface area contributed by atoms with E-state index in [9.17, 15) is 4.79 Å². The molecule has 2 aliphatic rings. The first kappa shape index (κ1) is 14.6. The van der Waals surface area contributed by atoms with Crippen molar-refractivity contribution in [2.75, 3.05) is 19.6 Å². The average Bonchev–Trinajstić information content (AvgIpc) is 3.14. The van der Waals surface area contributed by atoms with Gasteiger partial charge in [0.05, 0.1) is 6.04 Å². The predicted octanol–water partition coefficient (Wildman–Crippen LogP) is 0.858. The van der Waals surface area contributed by atoms with Crippen molar-refractivity contribution >= 4 is 5.91 Å². The van der Waals surface area contributed by atoms with Gasteiger partial charge in [0, 0.05) is 32.0 Å². The zero-order chi connectivity index (χ0) is 14.7. The number of amides is 1. The highest BCUT2D eigenvalue weighted by molar-refractivity contribution is 5.82. The first-order chi connectivity index (χ1) is 10.2. The van der Waals surface area contributed by atoms with Gasteiger partial charge in [-0.3, -0.25) is 9.69 Å². The molecule has 0 saturated carbocycles. The summed E-state index contributed by atoms with van der Waals surface area (Å²) in [6.45, 7) is 3.88. The zero-order valence-corrected chi connectivity index (χ0v) is 12.8. The van der Waals surface area contributed by atoms with Crippen LogP contribution in [0.3, 0.4) is 0 Å². The van der Waals surface area contributed by atoms with E-state index in [2.05, 4.69) is 27.8 Å². The maximum Gasteiger partial charge on any atom is 0.237 e. The summed E-state index contributed by atoms with van der Waals surface area (Å²) in [5.74, 6) is 0.204. The van der Waals surface area contributed by atoms with Crippen molar-refractivity contribution in [1.29, 1.82) is 0 Å². The Morgan fingerprint density at radius 3 is 2.90 bits per heavy atom. The first-order valence-corrected chi connectivity index (χ1v) is 8.09. The Morgan fingerprint density at radius 1 is 1.38 bits per heavy atom. The van der Waals surface area contributed by atoms with Crippen molar-refractivity contribution in [3.63, 3.8) is 0 Å². The number of hydrogen-bond acceptors (Lipinski definition) is 3. The number of carbonyl (C=O) groups excluding carboxylic acids is 1. The van der Waals surface area contributed by atoms with Gasteiger partial charge in [-0.2, -0.15) is 0 Å². The molecule has 21 heavy (non-hydrogen) atoms. The van der Waals surface area contributed by atoms with Gasteiger partial charge in [0.15, 0.2) is 0 Å². The van der Waals surface area contributed by atoms with Crippen LogP contribution in [0.5, 0.6) is 0 Å². The molecule has 5 nitrogen and oxygen atoms in total. The number of aromatic nitrogens is 1. The molecular weight excluding hydrogens is 264 g/mol. The summed E-state index contributed by atoms with van der Waals surface area (Å²) >= 11 is 0. The molecule has 3 rings (SSSR count). The minimum absolute atomic E-state index is 0.0804. The lowest BCUT2D eigenvalue weighted by Crippen LogP contribution is -2.50. The predicted molar refractivity (Wildman–Crippen MR) is 82.9 cm³/mol. The van der Waals surface area contributed by atoms with Gasteiger partial charge in [0.25, 0.3) is 0 Å². The van der Waals surface area contributed by atoms with E-state index in [1.807, 2.05) is 17.8 Å². The maximum absolute atomic E-state index is 12.5. The lowest BCUT2D eigenvalue weighted by Gasteiger charge is -2.35. The topological polar surface area (TPSA) is 49.3 Å². The van der Waals surface area contributed by atoms with Crippen molar-refractivity contribution < 1.29 is 4.79 Å². The molecule has 5 heteroatoms. The number of hydrogen-bond donors (Lipinski definition) is 2. The molecule has 2 aliphatic heterocycles. The van der Waals surface area contributed by atoms with E-state index in [0.29, 0.717) is 12.6 Å². The number of rotatable bonds is 4. The summed E-state index contributed by atoms with van der Waals surface area (Å²) in [4.78, 5) is 14.9. The molecule has 1 atom stereocenters. The second-order valence-electron chi connectivity index (χ2n) is 6.28. The Balaban J connectivity index is 1.55. The van der Waals surface area contributed by atoms with Crippen LogP contribution in [0.15, 0.2) is 18.5 Å². The Labute approximate surface area is 126 Å². The van der Waals surface area contributed by atoms with Crippen LogP contribution in [0, 0.1) is 0 Å². The molecule has 2 N–H and O–H groups in total. The third kappa shape index (κ3) is 3.47. The quantitative estimate of drug-likeness (QED) is 0.864. The summed E-state index contributed by atoms with van der Waals surface area (Å²) in [6.07, 6.45) is 8.56. The Bertz CT molecular complexity index is 478. The van der Waals surface area contributed by atoms with Gasteiger partial charge < -0.3 is 15.2 Å². The number of nitrogens with zero attached hydrogens (tertiary/aromatic N) is 2. The van der Waals surface area contributed by atoms with Crippen molar-refractivity contribution in [3.05, 3.63) is 24.0 Å². The van der Waals surface area contributed by atoms with Gasteiger partial charge in [-0.15, -0.1) is 0 Å². The van der Waals surface area contributed by atoms with Crippen molar-refractivity contribution in [1.82, 2.24) is 20.1 Å². The largest absolute Gasteiger partial charge is 0.357 e. The molecule has 3 heterocycles. The normalized spacial score (nSPS) is 24.3. The van der Waals surface area contributed by atoms with Gasteiger partial charge in [0.2, 0.25) is 5.91 Å². The van der Waals surface area contributed by atoms with Gasteiger partial charge in [-0.05, 0) is 56.9 Å². The van der Waals surface area contributed by atoms with Crippen LogP contribution < -0.4 is 10.6 Å². The highest BCUT2D eigenvalue weighted by Gasteiger charge is 2.35. The fourth-order valence-corrected chi connectivity index (χ4v) is 3.62. The van der Waals surface area contributed by atoms with E-state index >= 15 is 0 Å². The highest BCUT2D eigenvalue weighted by Crippen LogP contribution is 2.24. The summed E-state index contributed by atoms with van der Waals surface area (Å²) < 4.78 is 2.01. The molecule has 116 valence electrons. The van der Waals surface area contributed by atoms with Crippen molar-refractivity contribution in [2.24, 2.45) is 7.05 Å². The molecule has 0 aromatic carbocycles. The molecule has 2 fully saturated rings. The summed E-state index contributed by atoms with van der Waals surface area (Å²) in [5, 5.41) is 6.52. The molecule has 0 bridgehead atoms. The number of aryl methyl sites for hydroxylation is 1. The van der Waals surface area contributed by atoms with Crippen LogP contribution in [0.2, 0.25) is 0 Å². The van der Waals surface area contributed by atoms with Crippen LogP contribution in [0.4, 0.5) is 0 Å². The Morgan fingerprint density at radius 2 is 2.19 bits per heavy atom.